The van der Waals surface area contributed by atoms with Gasteiger partial charge in [-0.15, -0.1) is 12.6 Å². The van der Waals surface area contributed by atoms with E-state index in [-0.39, 0.29) is 25.2 Å². The van der Waals surface area contributed by atoms with Gasteiger partial charge < -0.3 is 20.6 Å². The third kappa shape index (κ3) is 23.5. The second kappa shape index (κ2) is 24.4. The molecule has 10 heteroatoms. The number of hydrogen-bond donors (Lipinski definition) is 6. The van der Waals surface area contributed by atoms with Gasteiger partial charge in [-0.05, 0) is 32.6 Å². The van der Waals surface area contributed by atoms with E-state index >= 15 is 0 Å². The second-order valence-electron chi connectivity index (χ2n) is 10.3. The summed E-state index contributed by atoms with van der Waals surface area (Å²) in [4.78, 5) is 45.1. The molecule has 0 fully saturated rings. The van der Waals surface area contributed by atoms with Crippen LogP contribution in [0.1, 0.15) is 135 Å². The number of carbonyl (C=O) groups is 4. The van der Waals surface area contributed by atoms with Gasteiger partial charge in [0.2, 0.25) is 11.0 Å². The first kappa shape index (κ1) is 36.4. The first-order chi connectivity index (χ1) is 18.1. The monoisotopic (exact) mass is 560 g/mol. The third-order valence-electron chi connectivity index (χ3n) is 6.72. The molecule has 0 bridgehead atoms. The zero-order valence-electron chi connectivity index (χ0n) is 23.3. The van der Waals surface area contributed by atoms with E-state index in [0.717, 1.165) is 44.9 Å². The minimum atomic E-state index is -1.14. The minimum Gasteiger partial charge on any atom is -0.481 e. The van der Waals surface area contributed by atoms with Gasteiger partial charge in [0.25, 0.3) is 0 Å². The molecular formula is C28H52N2O7S. The first-order valence-corrected chi connectivity index (χ1v) is 15.0. The number of carboxylic acid groups (broad SMARTS) is 2. The van der Waals surface area contributed by atoms with E-state index in [1.54, 1.807) is 6.92 Å². The van der Waals surface area contributed by atoms with Crippen LogP contribution in [0.4, 0.5) is 0 Å². The maximum absolute atomic E-state index is 12.1. The molecule has 0 saturated heterocycles. The molecule has 0 radical (unpaired) electrons. The van der Waals surface area contributed by atoms with Gasteiger partial charge in [0.1, 0.15) is 12.3 Å². The van der Waals surface area contributed by atoms with Crippen molar-refractivity contribution in [3.05, 3.63) is 0 Å². The summed E-state index contributed by atoms with van der Waals surface area (Å²) in [5.74, 6) is -2.13. The minimum absolute atomic E-state index is 0.0545. The lowest BCUT2D eigenvalue weighted by molar-refractivity contribution is -0.142. The van der Waals surface area contributed by atoms with Crippen molar-refractivity contribution in [3.8, 4) is 0 Å². The van der Waals surface area contributed by atoms with Crippen molar-refractivity contribution in [2.24, 2.45) is 0 Å². The number of carboxylic acids is 2. The maximum Gasteiger partial charge on any atom is 0.326 e. The highest BCUT2D eigenvalue weighted by Crippen LogP contribution is 2.14. The Morgan fingerprint density at radius 1 is 0.658 bits per heavy atom. The highest BCUT2D eigenvalue weighted by atomic mass is 32.1. The number of aliphatic hydroxyl groups is 1. The molecule has 0 spiro atoms. The summed E-state index contributed by atoms with van der Waals surface area (Å²) in [6.07, 6.45) is 17.8. The quantitative estimate of drug-likeness (QED) is 0.0456. The van der Waals surface area contributed by atoms with Crippen molar-refractivity contribution < 1.29 is 34.5 Å². The summed E-state index contributed by atoms with van der Waals surface area (Å²) in [7, 11) is 0. The Bertz CT molecular complexity index is 663. The van der Waals surface area contributed by atoms with E-state index in [2.05, 4.69) is 23.3 Å². The summed E-state index contributed by atoms with van der Waals surface area (Å²) < 4.78 is 0. The summed E-state index contributed by atoms with van der Waals surface area (Å²) >= 11 is 3.68. The number of hydrogen-bond acceptors (Lipinski definition) is 6. The molecule has 0 aliphatic rings. The molecule has 0 rings (SSSR count). The van der Waals surface area contributed by atoms with Crippen LogP contribution >= 0.6 is 12.6 Å². The Labute approximate surface area is 234 Å². The van der Waals surface area contributed by atoms with Gasteiger partial charge in [-0.3, -0.25) is 19.7 Å². The molecule has 5 N–H and O–H groups in total. The van der Waals surface area contributed by atoms with Crippen LogP contribution in [-0.4, -0.2) is 56.6 Å². The smallest absolute Gasteiger partial charge is 0.326 e. The molecule has 0 aromatic heterocycles. The summed E-state index contributed by atoms with van der Waals surface area (Å²) in [5, 5.41) is 32.6. The number of carbonyl (C=O) groups excluding carboxylic acids is 2. The van der Waals surface area contributed by atoms with E-state index in [1.807, 2.05) is 0 Å². The lowest BCUT2D eigenvalue weighted by Gasteiger charge is -2.19. The molecule has 0 aliphatic carbocycles. The molecule has 1 amide bonds. The second-order valence-corrected chi connectivity index (χ2v) is 10.8. The van der Waals surface area contributed by atoms with Crippen LogP contribution < -0.4 is 10.6 Å². The predicted octanol–water partition coefficient (Wildman–Crippen LogP) is 5.20. The van der Waals surface area contributed by atoms with Crippen molar-refractivity contribution in [3.63, 3.8) is 0 Å². The van der Waals surface area contributed by atoms with E-state index in [9.17, 15) is 29.4 Å². The largest absolute Gasteiger partial charge is 0.481 e. The fourth-order valence-electron chi connectivity index (χ4n) is 4.33. The van der Waals surface area contributed by atoms with Crippen molar-refractivity contribution in [2.45, 2.75) is 154 Å². The van der Waals surface area contributed by atoms with Gasteiger partial charge in [-0.1, -0.05) is 89.9 Å². The Morgan fingerprint density at radius 2 is 1.05 bits per heavy atom. The highest BCUT2D eigenvalue weighted by molar-refractivity contribution is 7.96. The van der Waals surface area contributed by atoms with Gasteiger partial charge in [0.15, 0.2) is 0 Å². The van der Waals surface area contributed by atoms with Gasteiger partial charge in [0.05, 0.1) is 6.04 Å². The molecule has 9 nitrogen and oxygen atoms in total. The molecular weight excluding hydrogens is 508 g/mol. The number of nitrogens with one attached hydrogen (secondary N) is 2. The number of aliphatic carboxylic acids is 2. The normalized spacial score (nSPS) is 13.6. The SMILES string of the molecule is C[C@H](NC(O)CCC(NC(=O)CCCCCCCCCCCCCCCCCCC(=O)O)C(=O)O)C(=O)S. The average Bonchev–Trinajstić information content (AvgIpc) is 2.85. The zero-order valence-corrected chi connectivity index (χ0v) is 24.2. The molecule has 0 aromatic rings. The number of thiol groups is 1. The number of amides is 1. The van der Waals surface area contributed by atoms with Crippen molar-refractivity contribution in [2.75, 3.05) is 0 Å². The topological polar surface area (TPSA) is 153 Å². The highest BCUT2D eigenvalue weighted by Gasteiger charge is 2.22. The van der Waals surface area contributed by atoms with Crippen molar-refractivity contribution in [1.82, 2.24) is 10.6 Å². The molecule has 0 saturated carbocycles. The zero-order chi connectivity index (χ0) is 28.6. The predicted molar refractivity (Wildman–Crippen MR) is 152 cm³/mol. The van der Waals surface area contributed by atoms with E-state index in [4.69, 9.17) is 5.11 Å². The van der Waals surface area contributed by atoms with Crippen LogP contribution in [0.2, 0.25) is 0 Å². The Morgan fingerprint density at radius 3 is 1.42 bits per heavy atom. The summed E-state index contributed by atoms with van der Waals surface area (Å²) in [6, 6.07) is -1.72. The molecule has 222 valence electrons. The molecule has 0 aliphatic heterocycles. The van der Waals surface area contributed by atoms with Crippen LogP contribution in [0.3, 0.4) is 0 Å². The van der Waals surface area contributed by atoms with Gasteiger partial charge in [0, 0.05) is 12.8 Å². The van der Waals surface area contributed by atoms with E-state index in [1.165, 1.54) is 57.8 Å². The molecule has 38 heavy (non-hydrogen) atoms. The number of rotatable bonds is 27. The standard InChI is InChI=1S/C28H52N2O7S/c1-22(28(37)38)29-25(32)21-20-23(27(35)36)30-24(31)18-16-14-12-10-8-6-4-2-3-5-7-9-11-13-15-17-19-26(33)34/h22-23,25,29,32H,2-21H2,1H3,(H,30,31)(H,33,34)(H,35,36)(H,37,38)/t22-,23?,25?/m0/s1. The van der Waals surface area contributed by atoms with Gasteiger partial charge in [-0.2, -0.15) is 0 Å². The molecule has 2 unspecified atom stereocenters. The lowest BCUT2D eigenvalue weighted by atomic mass is 10.0. The fraction of sp³-hybridized carbons (Fsp3) is 0.857. The van der Waals surface area contributed by atoms with Crippen molar-refractivity contribution >= 4 is 35.6 Å². The lowest BCUT2D eigenvalue weighted by Crippen LogP contribution is -2.44. The van der Waals surface area contributed by atoms with Crippen LogP contribution in [0.5, 0.6) is 0 Å². The maximum atomic E-state index is 12.1. The van der Waals surface area contributed by atoms with Gasteiger partial charge in [-0.25, -0.2) is 4.79 Å². The molecule has 0 aromatic carbocycles. The third-order valence-corrected chi connectivity index (χ3v) is 7.11. The molecule has 0 heterocycles. The van der Waals surface area contributed by atoms with Crippen LogP contribution in [-0.2, 0) is 19.2 Å². The van der Waals surface area contributed by atoms with Gasteiger partial charge >= 0.3 is 11.9 Å². The Kier molecular flexibility index (Phi) is 23.3. The van der Waals surface area contributed by atoms with Crippen LogP contribution in [0, 0.1) is 0 Å². The van der Waals surface area contributed by atoms with Crippen molar-refractivity contribution in [1.29, 1.82) is 0 Å². The van der Waals surface area contributed by atoms with E-state index < -0.39 is 35.4 Å². The van der Waals surface area contributed by atoms with Crippen LogP contribution in [0.15, 0.2) is 0 Å². The average molecular weight is 561 g/mol. The van der Waals surface area contributed by atoms with E-state index in [0.29, 0.717) is 6.42 Å². The number of unbranched alkanes of at least 4 members (excludes halogenated alkanes) is 15. The summed E-state index contributed by atoms with van der Waals surface area (Å²) in [5.41, 5.74) is 0. The Balaban J connectivity index is 3.61. The Hall–Kier alpha value is -1.65. The number of aliphatic hydroxyl groups excluding tert-OH is 1. The first-order valence-electron chi connectivity index (χ1n) is 14.5. The molecule has 3 atom stereocenters. The van der Waals surface area contributed by atoms with Crippen LogP contribution in [0.25, 0.3) is 0 Å². The summed E-state index contributed by atoms with van der Waals surface area (Å²) in [6.45, 7) is 1.55. The fourth-order valence-corrected chi connectivity index (χ4v) is 4.40.